The molecule has 0 saturated heterocycles. The number of carbonyl (C=O) groups excluding carboxylic acids is 2. The quantitative estimate of drug-likeness (QED) is 0.313. The summed E-state index contributed by atoms with van der Waals surface area (Å²) in [5, 5.41) is 16.1. The summed E-state index contributed by atoms with van der Waals surface area (Å²) in [6.07, 6.45) is 3.75. The Morgan fingerprint density at radius 2 is 1.66 bits per heavy atom. The minimum Gasteiger partial charge on any atom is -0.478 e. The Morgan fingerprint density at radius 3 is 2.38 bits per heavy atom. The number of nitrogens with one attached hydrogen (secondary N) is 2. The van der Waals surface area contributed by atoms with Crippen LogP contribution < -0.4 is 10.7 Å². The largest absolute Gasteiger partial charge is 0.478 e. The van der Waals surface area contributed by atoms with Crippen LogP contribution >= 0.6 is 11.6 Å². The van der Waals surface area contributed by atoms with Gasteiger partial charge in [0.1, 0.15) is 0 Å². The molecule has 0 aromatic heterocycles. The highest BCUT2D eigenvalue weighted by atomic mass is 35.5. The molecular formula is C21H22ClN3O4. The third-order valence-electron chi connectivity index (χ3n) is 4.07. The molecule has 0 atom stereocenters. The summed E-state index contributed by atoms with van der Waals surface area (Å²) >= 11 is 5.98. The van der Waals surface area contributed by atoms with Crippen LogP contribution in [0.4, 0.5) is 0 Å². The molecule has 0 radical (unpaired) electrons. The van der Waals surface area contributed by atoms with E-state index in [1.807, 2.05) is 0 Å². The molecule has 0 fully saturated rings. The molecule has 8 heteroatoms. The van der Waals surface area contributed by atoms with Gasteiger partial charge in [-0.1, -0.05) is 48.4 Å². The molecule has 29 heavy (non-hydrogen) atoms. The lowest BCUT2D eigenvalue weighted by Crippen LogP contribution is -2.24. The number of carboxylic acid groups (broad SMARTS) is 1. The molecule has 2 aromatic rings. The van der Waals surface area contributed by atoms with Crippen LogP contribution in [0.2, 0.25) is 5.02 Å². The van der Waals surface area contributed by atoms with E-state index in [4.69, 9.17) is 16.7 Å². The van der Waals surface area contributed by atoms with Crippen LogP contribution in [0.5, 0.6) is 0 Å². The van der Waals surface area contributed by atoms with Crippen LogP contribution in [0.15, 0.2) is 53.6 Å². The molecule has 2 amide bonds. The smallest absolute Gasteiger partial charge is 0.336 e. The topological polar surface area (TPSA) is 108 Å². The van der Waals surface area contributed by atoms with Crippen molar-refractivity contribution in [1.29, 1.82) is 0 Å². The van der Waals surface area contributed by atoms with Gasteiger partial charge in [0, 0.05) is 18.5 Å². The van der Waals surface area contributed by atoms with E-state index in [1.54, 1.807) is 42.5 Å². The molecule has 0 aliphatic carbocycles. The Kier molecular flexibility index (Phi) is 8.85. The second-order valence-electron chi connectivity index (χ2n) is 6.23. The van der Waals surface area contributed by atoms with Gasteiger partial charge in [-0.05, 0) is 31.0 Å². The van der Waals surface area contributed by atoms with Gasteiger partial charge >= 0.3 is 5.97 Å². The number of hydrazone groups is 1. The lowest BCUT2D eigenvalue weighted by atomic mass is 10.1. The Hall–Kier alpha value is -3.19. The van der Waals surface area contributed by atoms with Crippen LogP contribution in [0.1, 0.15) is 52.0 Å². The van der Waals surface area contributed by atoms with Gasteiger partial charge in [-0.25, -0.2) is 10.2 Å². The summed E-state index contributed by atoms with van der Waals surface area (Å²) in [4.78, 5) is 34.9. The van der Waals surface area contributed by atoms with Crippen molar-refractivity contribution in [2.24, 2.45) is 5.10 Å². The van der Waals surface area contributed by atoms with E-state index in [1.165, 1.54) is 12.3 Å². The number of carboxylic acids is 1. The number of unbranched alkanes of at least 4 members (excludes halogenated alkanes) is 2. The zero-order valence-corrected chi connectivity index (χ0v) is 16.5. The maximum atomic E-state index is 12.0. The normalized spacial score (nSPS) is 10.7. The highest BCUT2D eigenvalue weighted by Crippen LogP contribution is 2.14. The number of carbonyl (C=O) groups is 3. The number of hydrogen-bond donors (Lipinski definition) is 3. The Labute approximate surface area is 173 Å². The first kappa shape index (κ1) is 22.1. The Bertz CT molecular complexity index is 899. The number of benzene rings is 2. The second kappa shape index (κ2) is 11.6. The third-order valence-corrected chi connectivity index (χ3v) is 4.40. The number of hydrogen-bond acceptors (Lipinski definition) is 4. The number of rotatable bonds is 10. The molecule has 0 saturated carbocycles. The molecule has 0 spiro atoms. The first-order chi connectivity index (χ1) is 14.0. The highest BCUT2D eigenvalue weighted by molar-refractivity contribution is 6.33. The Morgan fingerprint density at radius 1 is 0.966 bits per heavy atom. The molecule has 0 aliphatic rings. The van der Waals surface area contributed by atoms with Gasteiger partial charge in [0.15, 0.2) is 0 Å². The zero-order chi connectivity index (χ0) is 21.1. The van der Waals surface area contributed by atoms with Crippen molar-refractivity contribution >= 4 is 35.6 Å². The minimum atomic E-state index is -1.06. The summed E-state index contributed by atoms with van der Waals surface area (Å²) in [5.41, 5.74) is 3.35. The summed E-state index contributed by atoms with van der Waals surface area (Å²) in [6.45, 7) is 0.496. The van der Waals surface area contributed by atoms with E-state index >= 15 is 0 Å². The van der Waals surface area contributed by atoms with Crippen LogP contribution in [0.3, 0.4) is 0 Å². The van der Waals surface area contributed by atoms with Crippen molar-refractivity contribution in [2.75, 3.05) is 6.54 Å². The lowest BCUT2D eigenvalue weighted by Gasteiger charge is -2.06. The predicted molar refractivity (Wildman–Crippen MR) is 111 cm³/mol. The standard InChI is InChI=1S/C21H22ClN3O4/c22-18-11-6-5-10-17(18)20(27)23-13-7-1-2-12-19(26)25-24-14-15-8-3-4-9-16(15)21(28)29/h3-6,8-11,14H,1-2,7,12-13H2,(H,23,27)(H,25,26)(H,28,29)/b24-14+. The van der Waals surface area contributed by atoms with E-state index in [0.717, 1.165) is 12.8 Å². The average Bonchev–Trinajstić information content (AvgIpc) is 2.71. The van der Waals surface area contributed by atoms with Gasteiger partial charge in [-0.3, -0.25) is 9.59 Å². The first-order valence-electron chi connectivity index (χ1n) is 9.16. The van der Waals surface area contributed by atoms with Gasteiger partial charge in [0.2, 0.25) is 5.91 Å². The van der Waals surface area contributed by atoms with Crippen molar-refractivity contribution in [2.45, 2.75) is 25.7 Å². The van der Waals surface area contributed by atoms with Gasteiger partial charge in [0.05, 0.1) is 22.4 Å². The molecule has 7 nitrogen and oxygen atoms in total. The fraction of sp³-hybridized carbons (Fsp3) is 0.238. The average molecular weight is 416 g/mol. The van der Waals surface area contributed by atoms with Gasteiger partial charge in [0.25, 0.3) is 5.91 Å². The fourth-order valence-corrected chi connectivity index (χ4v) is 2.79. The van der Waals surface area contributed by atoms with E-state index in [2.05, 4.69) is 15.8 Å². The Balaban J connectivity index is 1.62. The summed E-state index contributed by atoms with van der Waals surface area (Å²) in [5.74, 6) is -1.53. The minimum absolute atomic E-state index is 0.115. The van der Waals surface area contributed by atoms with E-state index < -0.39 is 5.97 Å². The lowest BCUT2D eigenvalue weighted by molar-refractivity contribution is -0.121. The number of amides is 2. The van der Waals surface area contributed by atoms with E-state index in [9.17, 15) is 14.4 Å². The van der Waals surface area contributed by atoms with Crippen LogP contribution in [-0.4, -0.2) is 35.6 Å². The van der Waals surface area contributed by atoms with Crippen LogP contribution in [0.25, 0.3) is 0 Å². The summed E-state index contributed by atoms with van der Waals surface area (Å²) in [6, 6.07) is 13.2. The van der Waals surface area contributed by atoms with Crippen LogP contribution in [0, 0.1) is 0 Å². The number of aromatic carboxylic acids is 1. The monoisotopic (exact) mass is 415 g/mol. The third kappa shape index (κ3) is 7.38. The molecule has 0 aliphatic heterocycles. The van der Waals surface area contributed by atoms with Crippen LogP contribution in [-0.2, 0) is 4.79 Å². The zero-order valence-electron chi connectivity index (χ0n) is 15.7. The van der Waals surface area contributed by atoms with Gasteiger partial charge in [-0.2, -0.15) is 5.10 Å². The van der Waals surface area contributed by atoms with Crippen molar-refractivity contribution in [1.82, 2.24) is 10.7 Å². The molecule has 2 aromatic carbocycles. The first-order valence-corrected chi connectivity index (χ1v) is 9.54. The summed E-state index contributed by atoms with van der Waals surface area (Å²) < 4.78 is 0. The molecule has 2 rings (SSSR count). The van der Waals surface area contributed by atoms with E-state index in [-0.39, 0.29) is 23.8 Å². The SMILES string of the molecule is O=C(CCCCCNC(=O)c1ccccc1Cl)N/N=C/c1ccccc1C(=O)O. The summed E-state index contributed by atoms with van der Waals surface area (Å²) in [7, 11) is 0. The molecule has 3 N–H and O–H groups in total. The van der Waals surface area contributed by atoms with Crippen molar-refractivity contribution in [3.63, 3.8) is 0 Å². The molecule has 0 bridgehead atoms. The maximum absolute atomic E-state index is 12.0. The van der Waals surface area contributed by atoms with E-state index in [0.29, 0.717) is 29.1 Å². The second-order valence-corrected chi connectivity index (χ2v) is 6.64. The molecular weight excluding hydrogens is 394 g/mol. The molecule has 0 unspecified atom stereocenters. The van der Waals surface area contributed by atoms with Crippen molar-refractivity contribution in [3.05, 3.63) is 70.2 Å². The predicted octanol–water partition coefficient (Wildman–Crippen LogP) is 3.48. The van der Waals surface area contributed by atoms with Gasteiger partial charge < -0.3 is 10.4 Å². The maximum Gasteiger partial charge on any atom is 0.336 e. The molecule has 0 heterocycles. The molecule has 152 valence electrons. The fourth-order valence-electron chi connectivity index (χ4n) is 2.56. The van der Waals surface area contributed by atoms with Gasteiger partial charge in [-0.15, -0.1) is 0 Å². The number of nitrogens with zero attached hydrogens (tertiary/aromatic N) is 1. The highest BCUT2D eigenvalue weighted by Gasteiger charge is 2.09. The number of halogens is 1. The van der Waals surface area contributed by atoms with Crippen molar-refractivity contribution in [3.8, 4) is 0 Å². The van der Waals surface area contributed by atoms with Crippen molar-refractivity contribution < 1.29 is 19.5 Å².